The van der Waals surface area contributed by atoms with Gasteiger partial charge in [0.25, 0.3) is 0 Å². The van der Waals surface area contributed by atoms with Gasteiger partial charge in [-0.1, -0.05) is 18.2 Å². The van der Waals surface area contributed by atoms with Gasteiger partial charge in [-0.05, 0) is 11.6 Å². The number of ether oxygens (including phenoxy) is 1. The molecule has 0 aromatic heterocycles. The molecular formula is C18H14FeO2-6. The fraction of sp³-hybridized carbons (Fsp3) is 0.0556. The van der Waals surface area contributed by atoms with Crippen LogP contribution in [0.5, 0.6) is 0 Å². The number of hydrogen-bond donors (Lipinski definition) is 0. The zero-order valence-electron chi connectivity index (χ0n) is 11.3. The van der Waals surface area contributed by atoms with Crippen LogP contribution in [0.15, 0.2) is 78.9 Å². The summed E-state index contributed by atoms with van der Waals surface area (Å²) < 4.78 is 5.34. The maximum atomic E-state index is 11.5. The molecular weight excluding hydrogens is 304 g/mol. The Morgan fingerprint density at radius 2 is 1.48 bits per heavy atom. The van der Waals surface area contributed by atoms with Crippen LogP contribution in [0.1, 0.15) is 27.6 Å². The van der Waals surface area contributed by atoms with E-state index >= 15 is 0 Å². The second kappa shape index (κ2) is 7.07. The van der Waals surface area contributed by atoms with Crippen molar-refractivity contribution < 1.29 is 26.6 Å². The number of benzene rings is 1. The van der Waals surface area contributed by atoms with Gasteiger partial charge in [-0.15, -0.1) is 5.56 Å². The van der Waals surface area contributed by atoms with E-state index in [4.69, 9.17) is 4.74 Å². The fourth-order valence-corrected chi connectivity index (χ4v) is 2.28. The second-order valence-corrected chi connectivity index (χ2v) is 4.55. The monoisotopic (exact) mass is 318 g/mol. The molecule has 0 saturated carbocycles. The molecule has 0 radical (unpaired) electrons. The Kier molecular flexibility index (Phi) is 5.15. The normalized spacial score (nSPS) is 15.2. The third kappa shape index (κ3) is 3.33. The Morgan fingerprint density at radius 3 is 2.10 bits per heavy atom. The molecule has 1 atom stereocenters. The van der Waals surface area contributed by atoms with Crippen molar-refractivity contribution in [1.29, 1.82) is 0 Å². The first-order valence-electron chi connectivity index (χ1n) is 6.54. The Labute approximate surface area is 134 Å². The Bertz CT molecular complexity index is 652. The van der Waals surface area contributed by atoms with Gasteiger partial charge < -0.3 is 35.1 Å². The molecule has 1 heterocycles. The van der Waals surface area contributed by atoms with E-state index in [0.717, 1.165) is 11.1 Å². The first kappa shape index (κ1) is 15.3. The van der Waals surface area contributed by atoms with E-state index in [1.165, 1.54) is 0 Å². The molecule has 0 amide bonds. The number of hydrogen-bond acceptors (Lipinski definition) is 2. The molecule has 0 spiro atoms. The Morgan fingerprint density at radius 1 is 0.905 bits per heavy atom. The van der Waals surface area contributed by atoms with E-state index in [9.17, 15) is 4.79 Å². The minimum atomic E-state index is -0.225. The van der Waals surface area contributed by atoms with E-state index in [1.54, 1.807) is 6.07 Å². The molecule has 112 valence electrons. The first-order valence-corrected chi connectivity index (χ1v) is 6.54. The largest absolute Gasteiger partial charge is 0.748 e. The molecule has 2 nitrogen and oxygen atoms in total. The van der Waals surface area contributed by atoms with Crippen molar-refractivity contribution in [2.45, 2.75) is 6.10 Å². The topological polar surface area (TPSA) is 26.3 Å². The number of rotatable bonds is 1. The standard InChI is InChI=1S/C13H9O2.C5H5.Fe/c14-13-11-8-4-3-7-10(11)12(15-13)9-5-1-2-6-9;1-2-4-5-3-1;/h1-8,12H;1-5H;/q-1;-5;. The van der Waals surface area contributed by atoms with Crippen LogP contribution in [0.3, 0.4) is 0 Å². The van der Waals surface area contributed by atoms with Gasteiger partial charge in [0.05, 0.1) is 5.56 Å². The van der Waals surface area contributed by atoms with Gasteiger partial charge in [0, 0.05) is 17.1 Å². The molecule has 1 unspecified atom stereocenters. The van der Waals surface area contributed by atoms with Gasteiger partial charge >= 0.3 is 5.97 Å². The summed E-state index contributed by atoms with van der Waals surface area (Å²) in [4.78, 5) is 11.5. The average Bonchev–Trinajstić information content (AvgIpc) is 3.23. The van der Waals surface area contributed by atoms with Crippen molar-refractivity contribution in [2.75, 3.05) is 0 Å². The molecule has 4 rings (SSSR count). The van der Waals surface area contributed by atoms with Gasteiger partial charge in [-0.2, -0.15) is 12.1 Å². The van der Waals surface area contributed by atoms with Crippen molar-refractivity contribution in [3.8, 4) is 0 Å². The summed E-state index contributed by atoms with van der Waals surface area (Å²) in [5, 5.41) is 0. The molecule has 0 N–H and O–H groups in total. The molecule has 1 aliphatic rings. The molecule has 3 heteroatoms. The van der Waals surface area contributed by atoms with E-state index in [0.29, 0.717) is 5.56 Å². The molecule has 0 aliphatic carbocycles. The number of cyclic esters (lactones) is 1. The van der Waals surface area contributed by atoms with Gasteiger partial charge in [-0.25, -0.2) is 16.9 Å². The summed E-state index contributed by atoms with van der Waals surface area (Å²) in [5.74, 6) is -0.225. The van der Waals surface area contributed by atoms with Crippen LogP contribution >= 0.6 is 0 Å². The summed E-state index contributed by atoms with van der Waals surface area (Å²) in [6, 6.07) is 25.4. The maximum absolute atomic E-state index is 11.5. The molecule has 21 heavy (non-hydrogen) atoms. The quantitative estimate of drug-likeness (QED) is 0.384. The van der Waals surface area contributed by atoms with Crippen LogP contribution in [0.4, 0.5) is 0 Å². The first-order chi connectivity index (χ1) is 9.86. The van der Waals surface area contributed by atoms with Crippen LogP contribution in [0.25, 0.3) is 0 Å². The van der Waals surface area contributed by atoms with Gasteiger partial charge in [0.2, 0.25) is 0 Å². The van der Waals surface area contributed by atoms with Crippen LogP contribution in [-0.2, 0) is 21.8 Å². The molecule has 0 saturated heterocycles. The third-order valence-corrected chi connectivity index (χ3v) is 3.23. The molecule has 3 aromatic rings. The number of carbonyl (C=O) groups excluding carboxylic acids is 1. The zero-order chi connectivity index (χ0) is 13.8. The summed E-state index contributed by atoms with van der Waals surface area (Å²) in [6.07, 6.45) is -0.219. The minimum absolute atomic E-state index is 0. The molecule has 3 aromatic carbocycles. The van der Waals surface area contributed by atoms with E-state index < -0.39 is 0 Å². The zero-order valence-corrected chi connectivity index (χ0v) is 12.4. The van der Waals surface area contributed by atoms with Crippen molar-refractivity contribution >= 4 is 5.97 Å². The Hall–Kier alpha value is -2.09. The smallest absolute Gasteiger partial charge is 0.338 e. The van der Waals surface area contributed by atoms with Crippen molar-refractivity contribution in [3.05, 3.63) is 95.6 Å². The predicted molar refractivity (Wildman–Crippen MR) is 77.8 cm³/mol. The van der Waals surface area contributed by atoms with Gasteiger partial charge in [0.1, 0.15) is 6.10 Å². The summed E-state index contributed by atoms with van der Waals surface area (Å²) in [6.45, 7) is 0. The summed E-state index contributed by atoms with van der Waals surface area (Å²) >= 11 is 0. The maximum Gasteiger partial charge on any atom is 0.338 e. The number of carbonyl (C=O) groups is 1. The summed E-state index contributed by atoms with van der Waals surface area (Å²) in [5.41, 5.74) is 2.69. The molecule has 0 bridgehead atoms. The van der Waals surface area contributed by atoms with Crippen LogP contribution in [0, 0.1) is 0 Å². The molecule has 0 fully saturated rings. The van der Waals surface area contributed by atoms with Crippen LogP contribution in [-0.4, -0.2) is 5.97 Å². The average molecular weight is 318 g/mol. The van der Waals surface area contributed by atoms with E-state index in [-0.39, 0.29) is 29.1 Å². The van der Waals surface area contributed by atoms with Crippen LogP contribution < -0.4 is 0 Å². The number of fused-ring (bicyclic) bond motifs is 1. The summed E-state index contributed by atoms with van der Waals surface area (Å²) in [7, 11) is 0. The van der Waals surface area contributed by atoms with E-state index in [2.05, 4.69) is 0 Å². The SMILES string of the molecule is O=C1OC([c-]2cccc2)c2ccccc21.[Fe].[cH-]1[cH-][cH-][cH-][cH-]1. The third-order valence-electron chi connectivity index (χ3n) is 3.23. The van der Waals surface area contributed by atoms with Crippen molar-refractivity contribution in [2.24, 2.45) is 0 Å². The Balaban J connectivity index is 0.000000231. The van der Waals surface area contributed by atoms with Crippen LogP contribution in [0.2, 0.25) is 0 Å². The minimum Gasteiger partial charge on any atom is -0.748 e. The molecule has 1 aliphatic heterocycles. The second-order valence-electron chi connectivity index (χ2n) is 4.55. The fourth-order valence-electron chi connectivity index (χ4n) is 2.28. The van der Waals surface area contributed by atoms with Crippen molar-refractivity contribution in [3.63, 3.8) is 0 Å². The van der Waals surface area contributed by atoms with Gasteiger partial charge in [0.15, 0.2) is 0 Å². The van der Waals surface area contributed by atoms with E-state index in [1.807, 2.05) is 72.8 Å². The number of esters is 1. The van der Waals surface area contributed by atoms with Gasteiger partial charge in [-0.3, -0.25) is 0 Å². The predicted octanol–water partition coefficient (Wildman–Crippen LogP) is 4.07. The van der Waals surface area contributed by atoms with Crippen molar-refractivity contribution in [1.82, 2.24) is 0 Å².